The first-order valence-corrected chi connectivity index (χ1v) is 4.94. The average Bonchev–Trinajstić information content (AvgIpc) is 2.10. The average molecular weight is 192 g/mol. The zero-order chi connectivity index (χ0) is 10.6. The van der Waals surface area contributed by atoms with E-state index in [-0.39, 0.29) is 17.9 Å². The van der Waals surface area contributed by atoms with Gasteiger partial charge in [0.1, 0.15) is 6.54 Å². The minimum absolute atomic E-state index is 0.00656. The van der Waals surface area contributed by atoms with Crippen LogP contribution in [0.25, 0.3) is 0 Å². The van der Waals surface area contributed by atoms with Crippen molar-refractivity contribution in [1.29, 1.82) is 0 Å². The molecule has 0 saturated heterocycles. The summed E-state index contributed by atoms with van der Waals surface area (Å²) in [6, 6.07) is 0. The second-order valence-corrected chi connectivity index (χ2v) is 4.16. The van der Waals surface area contributed by atoms with Crippen LogP contribution < -0.4 is 0 Å². The first kappa shape index (κ1) is 10.9. The highest BCUT2D eigenvalue weighted by molar-refractivity contribution is 5.91. The summed E-state index contributed by atoms with van der Waals surface area (Å²) in [5.74, 6) is 6.18. The smallest absolute Gasteiger partial charge is 0.100 e. The summed E-state index contributed by atoms with van der Waals surface area (Å²) in [5.41, 5.74) is 1.03. The third kappa shape index (κ3) is 2.66. The number of hydrogen-bond acceptors (Lipinski definition) is 3. The van der Waals surface area contributed by atoms with Crippen molar-refractivity contribution in [2.75, 3.05) is 13.1 Å². The number of aliphatic imine (C=N–C) groups is 1. The molecule has 1 aliphatic rings. The van der Waals surface area contributed by atoms with E-state index < -0.39 is 0 Å². The minimum atomic E-state index is -0.0412. The van der Waals surface area contributed by atoms with Crippen LogP contribution in [-0.4, -0.2) is 18.8 Å². The van der Waals surface area contributed by atoms with Crippen molar-refractivity contribution in [2.24, 2.45) is 21.5 Å². The van der Waals surface area contributed by atoms with E-state index in [1.165, 1.54) is 0 Å². The van der Waals surface area contributed by atoms with Gasteiger partial charge in [0.2, 0.25) is 0 Å². The zero-order valence-electron chi connectivity index (χ0n) is 9.00. The zero-order valence-corrected chi connectivity index (χ0v) is 9.00. The SMILES string of the molecule is CCN=C1CC(C)(C)C#CC1CN=O. The van der Waals surface area contributed by atoms with Crippen molar-refractivity contribution in [3.8, 4) is 11.8 Å². The lowest BCUT2D eigenvalue weighted by atomic mass is 9.79. The molecule has 1 unspecified atom stereocenters. The molecule has 76 valence electrons. The molecule has 3 nitrogen and oxygen atoms in total. The van der Waals surface area contributed by atoms with Gasteiger partial charge in [-0.1, -0.05) is 17.0 Å². The van der Waals surface area contributed by atoms with Gasteiger partial charge in [-0.05, 0) is 20.8 Å². The lowest BCUT2D eigenvalue weighted by molar-refractivity contribution is 0.509. The van der Waals surface area contributed by atoms with E-state index in [1.807, 2.05) is 6.92 Å². The highest BCUT2D eigenvalue weighted by Crippen LogP contribution is 2.26. The molecule has 0 N–H and O–H groups in total. The Labute approximate surface area is 85.0 Å². The molecule has 0 spiro atoms. The molecule has 0 aromatic rings. The first-order valence-electron chi connectivity index (χ1n) is 4.94. The van der Waals surface area contributed by atoms with Crippen molar-refractivity contribution in [3.05, 3.63) is 4.91 Å². The van der Waals surface area contributed by atoms with E-state index in [4.69, 9.17) is 0 Å². The number of nitroso groups, excluding NO2 is 1. The summed E-state index contributed by atoms with van der Waals surface area (Å²) in [6.45, 7) is 7.17. The van der Waals surface area contributed by atoms with Crippen molar-refractivity contribution in [3.63, 3.8) is 0 Å². The van der Waals surface area contributed by atoms with Crippen LogP contribution in [0.3, 0.4) is 0 Å². The molecule has 1 rings (SSSR count). The van der Waals surface area contributed by atoms with E-state index >= 15 is 0 Å². The van der Waals surface area contributed by atoms with Crippen molar-refractivity contribution in [1.82, 2.24) is 0 Å². The van der Waals surface area contributed by atoms with Gasteiger partial charge >= 0.3 is 0 Å². The van der Waals surface area contributed by atoms with Crippen molar-refractivity contribution < 1.29 is 0 Å². The molecule has 0 aliphatic heterocycles. The summed E-state index contributed by atoms with van der Waals surface area (Å²) in [4.78, 5) is 14.6. The van der Waals surface area contributed by atoms with Crippen LogP contribution in [0.1, 0.15) is 27.2 Å². The summed E-state index contributed by atoms with van der Waals surface area (Å²) >= 11 is 0. The summed E-state index contributed by atoms with van der Waals surface area (Å²) in [5, 5.41) is 2.91. The summed E-state index contributed by atoms with van der Waals surface area (Å²) in [6.07, 6.45) is 0.855. The fourth-order valence-electron chi connectivity index (χ4n) is 1.58. The molecule has 14 heavy (non-hydrogen) atoms. The van der Waals surface area contributed by atoms with Crippen LogP contribution in [0.4, 0.5) is 0 Å². The third-order valence-corrected chi connectivity index (χ3v) is 2.23. The van der Waals surface area contributed by atoms with Crippen LogP contribution >= 0.6 is 0 Å². The fourth-order valence-corrected chi connectivity index (χ4v) is 1.58. The topological polar surface area (TPSA) is 41.8 Å². The molecule has 0 bridgehead atoms. The van der Waals surface area contributed by atoms with Gasteiger partial charge in [-0.2, -0.15) is 4.91 Å². The molecule has 0 radical (unpaired) electrons. The van der Waals surface area contributed by atoms with Gasteiger partial charge in [0, 0.05) is 24.1 Å². The molecule has 3 heteroatoms. The molecular weight excluding hydrogens is 176 g/mol. The summed E-state index contributed by atoms with van der Waals surface area (Å²) in [7, 11) is 0. The summed E-state index contributed by atoms with van der Waals surface area (Å²) < 4.78 is 0. The van der Waals surface area contributed by atoms with Gasteiger partial charge in [-0.3, -0.25) is 4.99 Å². The van der Waals surface area contributed by atoms with Crippen LogP contribution in [0, 0.1) is 28.1 Å². The lowest BCUT2D eigenvalue weighted by Crippen LogP contribution is -2.27. The molecule has 0 fully saturated rings. The standard InChI is InChI=1S/C11H16N2O/c1-4-12-10-7-11(2,3)6-5-9(10)8-13-14/h9H,4,7-8H2,1-3H3. The van der Waals surface area contributed by atoms with E-state index in [9.17, 15) is 4.91 Å². The van der Waals surface area contributed by atoms with Crippen LogP contribution in [0.2, 0.25) is 0 Å². The fraction of sp³-hybridized carbons (Fsp3) is 0.727. The Kier molecular flexibility index (Phi) is 3.40. The second kappa shape index (κ2) is 4.36. The van der Waals surface area contributed by atoms with E-state index in [2.05, 4.69) is 35.9 Å². The monoisotopic (exact) mass is 192 g/mol. The first-order chi connectivity index (χ1) is 6.59. The van der Waals surface area contributed by atoms with Gasteiger partial charge < -0.3 is 0 Å². The Morgan fingerprint density at radius 3 is 2.86 bits per heavy atom. The highest BCUT2D eigenvalue weighted by atomic mass is 16.3. The predicted octanol–water partition coefficient (Wildman–Crippen LogP) is 2.26. The normalized spacial score (nSPS) is 26.8. The molecule has 0 amide bonds. The van der Waals surface area contributed by atoms with Crippen molar-refractivity contribution >= 4 is 5.71 Å². The molecule has 0 heterocycles. The molecule has 0 aromatic carbocycles. The van der Waals surface area contributed by atoms with E-state index in [0.717, 1.165) is 18.7 Å². The molecule has 1 aliphatic carbocycles. The number of nitrogens with zero attached hydrogens (tertiary/aromatic N) is 2. The Bertz CT molecular complexity index is 307. The Balaban J connectivity index is 2.89. The Morgan fingerprint density at radius 2 is 2.29 bits per heavy atom. The van der Waals surface area contributed by atoms with E-state index in [0.29, 0.717) is 0 Å². The Morgan fingerprint density at radius 1 is 1.57 bits per heavy atom. The molecule has 1 atom stereocenters. The maximum Gasteiger partial charge on any atom is 0.100 e. The quantitative estimate of drug-likeness (QED) is 0.499. The van der Waals surface area contributed by atoms with Gasteiger partial charge in [-0.25, -0.2) is 0 Å². The van der Waals surface area contributed by atoms with Gasteiger partial charge in [0.25, 0.3) is 0 Å². The van der Waals surface area contributed by atoms with Gasteiger partial charge in [-0.15, -0.1) is 0 Å². The third-order valence-electron chi connectivity index (χ3n) is 2.23. The maximum absolute atomic E-state index is 10.2. The molecule has 0 saturated carbocycles. The lowest BCUT2D eigenvalue weighted by Gasteiger charge is -2.25. The maximum atomic E-state index is 10.2. The van der Waals surface area contributed by atoms with Crippen LogP contribution in [0.5, 0.6) is 0 Å². The van der Waals surface area contributed by atoms with Gasteiger partial charge in [0.05, 0.1) is 5.92 Å². The minimum Gasteiger partial charge on any atom is -0.293 e. The highest BCUT2D eigenvalue weighted by Gasteiger charge is 2.26. The number of rotatable bonds is 3. The van der Waals surface area contributed by atoms with Crippen molar-refractivity contribution in [2.45, 2.75) is 27.2 Å². The predicted molar refractivity (Wildman–Crippen MR) is 58.3 cm³/mol. The van der Waals surface area contributed by atoms with E-state index in [1.54, 1.807) is 0 Å². The Hall–Kier alpha value is -1.17. The number of hydrogen-bond donors (Lipinski definition) is 0. The second-order valence-electron chi connectivity index (χ2n) is 4.16. The van der Waals surface area contributed by atoms with Crippen LogP contribution in [-0.2, 0) is 0 Å². The largest absolute Gasteiger partial charge is 0.293 e. The van der Waals surface area contributed by atoms with Gasteiger partial charge in [0.15, 0.2) is 0 Å². The van der Waals surface area contributed by atoms with Crippen LogP contribution in [0.15, 0.2) is 10.2 Å². The molecular formula is C11H16N2O. The molecule has 0 aromatic heterocycles.